The molecule has 2 aliphatic rings. The van der Waals surface area contributed by atoms with Gasteiger partial charge in [-0.15, -0.1) is 0 Å². The van der Waals surface area contributed by atoms with Crippen molar-refractivity contribution < 1.29 is 32.5 Å². The summed E-state index contributed by atoms with van der Waals surface area (Å²) in [5.74, 6) is 0.222. The van der Waals surface area contributed by atoms with Crippen molar-refractivity contribution in [3.8, 4) is 0 Å². The van der Waals surface area contributed by atoms with Gasteiger partial charge in [0, 0.05) is 18.5 Å². The van der Waals surface area contributed by atoms with E-state index in [-0.39, 0.29) is 6.10 Å². The fourth-order valence-corrected chi connectivity index (χ4v) is 3.17. The molecule has 0 spiro atoms. The van der Waals surface area contributed by atoms with Crippen molar-refractivity contribution in [2.75, 3.05) is 47.3 Å². The Morgan fingerprint density at radius 2 is 1.93 bits per heavy atom. The van der Waals surface area contributed by atoms with Gasteiger partial charge in [-0.3, -0.25) is 4.99 Å². The van der Waals surface area contributed by atoms with Crippen molar-refractivity contribution in [3.05, 3.63) is 22.5 Å². The molecule has 0 unspecified atom stereocenters. The molecular weight excluding hydrogens is 398 g/mol. The lowest BCUT2D eigenvalue weighted by molar-refractivity contribution is 0.0354. The lowest BCUT2D eigenvalue weighted by atomic mass is 10.2. The van der Waals surface area contributed by atoms with E-state index in [9.17, 15) is 13.6 Å². The zero-order chi connectivity index (χ0) is 20.5. The number of esters is 1. The predicted molar refractivity (Wildman–Crippen MR) is 99.8 cm³/mol. The summed E-state index contributed by atoms with van der Waals surface area (Å²) in [5.41, 5.74) is 1.18. The Balaban J connectivity index is 0.000000221. The lowest BCUT2D eigenvalue weighted by Gasteiger charge is -2.12. The van der Waals surface area contributed by atoms with Gasteiger partial charge in [-0.25, -0.2) is 13.6 Å². The Labute approximate surface area is 167 Å². The molecule has 3 heterocycles. The molecule has 0 saturated carbocycles. The Morgan fingerprint density at radius 3 is 2.57 bits per heavy atom. The van der Waals surface area contributed by atoms with Crippen molar-refractivity contribution in [3.63, 3.8) is 0 Å². The van der Waals surface area contributed by atoms with E-state index in [1.807, 2.05) is 0 Å². The van der Waals surface area contributed by atoms with Crippen molar-refractivity contribution in [1.29, 1.82) is 0 Å². The van der Waals surface area contributed by atoms with Gasteiger partial charge >= 0.3 is 5.97 Å². The molecule has 0 aliphatic carbocycles. The largest absolute Gasteiger partial charge is 0.484 e. The zero-order valence-corrected chi connectivity index (χ0v) is 16.7. The van der Waals surface area contributed by atoms with Gasteiger partial charge in [0.25, 0.3) is 0 Å². The molecule has 7 nitrogen and oxygen atoms in total. The third kappa shape index (κ3) is 5.89. The van der Waals surface area contributed by atoms with Crippen LogP contribution in [0.25, 0.3) is 0 Å². The highest BCUT2D eigenvalue weighted by atomic mass is 35.5. The second-order valence-electron chi connectivity index (χ2n) is 6.16. The van der Waals surface area contributed by atoms with Crippen LogP contribution in [0.2, 0.25) is 5.15 Å². The van der Waals surface area contributed by atoms with Gasteiger partial charge in [-0.2, -0.15) is 0 Å². The van der Waals surface area contributed by atoms with E-state index in [1.54, 1.807) is 17.7 Å². The first-order valence-electron chi connectivity index (χ1n) is 8.92. The second-order valence-corrected chi connectivity index (χ2v) is 6.55. The van der Waals surface area contributed by atoms with Crippen molar-refractivity contribution in [2.24, 2.45) is 4.99 Å². The molecule has 0 radical (unpaired) electrons. The van der Waals surface area contributed by atoms with E-state index in [2.05, 4.69) is 9.73 Å². The third-order valence-corrected chi connectivity index (χ3v) is 4.68. The van der Waals surface area contributed by atoms with E-state index in [1.165, 1.54) is 7.11 Å². The fraction of sp³-hybridized carbons (Fsp3) is 0.667. The number of carbonyl (C=O) groups is 1. The fourth-order valence-electron chi connectivity index (χ4n) is 2.89. The van der Waals surface area contributed by atoms with E-state index >= 15 is 0 Å². The molecule has 0 saturated heterocycles. The summed E-state index contributed by atoms with van der Waals surface area (Å²) in [6, 6.07) is 1.56. The maximum Gasteiger partial charge on any atom is 0.339 e. The van der Waals surface area contributed by atoms with Crippen molar-refractivity contribution in [2.45, 2.75) is 31.6 Å². The molecule has 0 aromatic carbocycles. The number of fused-ring (bicyclic) bond motifs is 1. The molecule has 1 aromatic rings. The number of methoxy groups -OCH3 is 2. The van der Waals surface area contributed by atoms with E-state index in [0.717, 1.165) is 5.69 Å². The number of ether oxygens (including phenoxy) is 4. The number of aliphatic imine (C=N–C) groups is 1. The molecule has 0 N–H and O–H groups in total. The number of nitrogens with zero attached hydrogens (tertiary/aromatic N) is 2. The number of hydrogen-bond acceptors (Lipinski definition) is 6. The minimum atomic E-state index is -0.568. The lowest BCUT2D eigenvalue weighted by Crippen LogP contribution is -2.20. The summed E-state index contributed by atoms with van der Waals surface area (Å²) >= 11 is 6.04. The normalized spacial score (nSPS) is 22.0. The van der Waals surface area contributed by atoms with Gasteiger partial charge in [0.05, 0.1) is 46.1 Å². The standard InChI is InChI=1S/C11H13ClFNO3.C7H12FNO2/c1-16-11(15)8-4-10(12)14-6-7(5-13)17-3-2-9(8)14;1-10-7-2-3-11-6(4-8)5-9-7/h4,7H,2-3,5-6H2,1H3;6H,2-5H2,1H3/t7-;6-/m11/s1. The SMILES string of the molecule is COC(=O)c1cc(Cl)n2c1CCO[C@H](CF)C2.COC1=NC[C@@H](CF)OCC1. The Bertz CT molecular complexity index is 683. The van der Waals surface area contributed by atoms with Crippen LogP contribution in [0, 0.1) is 0 Å². The Kier molecular flexibility index (Phi) is 9.14. The quantitative estimate of drug-likeness (QED) is 0.700. The Morgan fingerprint density at radius 1 is 1.25 bits per heavy atom. The average Bonchev–Trinajstić information content (AvgIpc) is 2.94. The van der Waals surface area contributed by atoms with Crippen LogP contribution in [0.3, 0.4) is 0 Å². The van der Waals surface area contributed by atoms with Gasteiger partial charge in [-0.05, 0) is 6.07 Å². The van der Waals surface area contributed by atoms with Crippen LogP contribution in [0.15, 0.2) is 11.1 Å². The van der Waals surface area contributed by atoms with Crippen LogP contribution in [-0.2, 0) is 31.9 Å². The molecule has 0 amide bonds. The summed E-state index contributed by atoms with van der Waals surface area (Å²) in [6.07, 6.45) is 0.287. The first-order valence-corrected chi connectivity index (χ1v) is 9.30. The van der Waals surface area contributed by atoms with Crippen LogP contribution in [0.4, 0.5) is 8.78 Å². The molecule has 0 bridgehead atoms. The molecule has 0 fully saturated rings. The van der Waals surface area contributed by atoms with Crippen molar-refractivity contribution in [1.82, 2.24) is 4.57 Å². The third-order valence-electron chi connectivity index (χ3n) is 4.36. The molecule has 3 rings (SSSR count). The van der Waals surface area contributed by atoms with Gasteiger partial charge < -0.3 is 23.5 Å². The molecule has 1 aromatic heterocycles. The van der Waals surface area contributed by atoms with Crippen LogP contribution >= 0.6 is 11.6 Å². The van der Waals surface area contributed by atoms with Gasteiger partial charge in [0.1, 0.15) is 30.7 Å². The Hall–Kier alpha value is -1.71. The number of hydrogen-bond donors (Lipinski definition) is 0. The summed E-state index contributed by atoms with van der Waals surface area (Å²) in [7, 11) is 2.88. The maximum atomic E-state index is 12.6. The maximum absolute atomic E-state index is 12.6. The highest BCUT2D eigenvalue weighted by Crippen LogP contribution is 2.25. The first kappa shape index (κ1) is 22.6. The van der Waals surface area contributed by atoms with E-state index in [0.29, 0.717) is 55.8 Å². The van der Waals surface area contributed by atoms with Crippen molar-refractivity contribution >= 4 is 23.5 Å². The van der Waals surface area contributed by atoms with Crippen LogP contribution in [0.1, 0.15) is 22.5 Å². The molecule has 158 valence electrons. The van der Waals surface area contributed by atoms with Crippen LogP contribution in [0.5, 0.6) is 0 Å². The summed E-state index contributed by atoms with van der Waals surface area (Å²) in [4.78, 5) is 15.6. The topological polar surface area (TPSA) is 71.3 Å². The van der Waals surface area contributed by atoms with Gasteiger partial charge in [0.2, 0.25) is 0 Å². The summed E-state index contributed by atoms with van der Waals surface area (Å²) in [5, 5.41) is 0.407. The first-order chi connectivity index (χ1) is 13.5. The number of halogens is 3. The number of aromatic nitrogens is 1. The average molecular weight is 423 g/mol. The highest BCUT2D eigenvalue weighted by Gasteiger charge is 2.25. The van der Waals surface area contributed by atoms with E-state index in [4.69, 9.17) is 25.8 Å². The molecule has 2 atom stereocenters. The van der Waals surface area contributed by atoms with E-state index < -0.39 is 25.4 Å². The molecule has 2 aliphatic heterocycles. The van der Waals surface area contributed by atoms with Crippen LogP contribution < -0.4 is 0 Å². The number of carbonyl (C=O) groups excluding carboxylic acids is 1. The van der Waals surface area contributed by atoms with Gasteiger partial charge in [-0.1, -0.05) is 11.6 Å². The zero-order valence-electron chi connectivity index (χ0n) is 16.0. The monoisotopic (exact) mass is 422 g/mol. The smallest absolute Gasteiger partial charge is 0.339 e. The molecular formula is C18H25ClF2N2O5. The minimum Gasteiger partial charge on any atom is -0.484 e. The number of rotatable bonds is 3. The number of alkyl halides is 2. The van der Waals surface area contributed by atoms with Crippen LogP contribution in [-0.4, -0.2) is 76.0 Å². The summed E-state index contributed by atoms with van der Waals surface area (Å²) < 4.78 is 46.4. The minimum absolute atomic E-state index is 0.321. The summed E-state index contributed by atoms with van der Waals surface area (Å²) in [6.45, 7) is 0.531. The second kappa shape index (κ2) is 11.3. The van der Waals surface area contributed by atoms with Gasteiger partial charge in [0.15, 0.2) is 5.90 Å². The highest BCUT2D eigenvalue weighted by molar-refractivity contribution is 6.30. The molecule has 10 heteroatoms. The predicted octanol–water partition coefficient (Wildman–Crippen LogP) is 2.63. The molecule has 28 heavy (non-hydrogen) atoms.